The number of rotatable bonds is 8. The summed E-state index contributed by atoms with van der Waals surface area (Å²) in [6.45, 7) is 6.41. The van der Waals surface area contributed by atoms with Crippen molar-refractivity contribution in [2.75, 3.05) is 5.32 Å². The fourth-order valence-corrected chi connectivity index (χ4v) is 2.83. The summed E-state index contributed by atoms with van der Waals surface area (Å²) in [6, 6.07) is 16.1. The molecule has 2 rings (SSSR count). The third kappa shape index (κ3) is 7.67. The zero-order valence-electron chi connectivity index (χ0n) is 17.2. The first-order chi connectivity index (χ1) is 13.9. The summed E-state index contributed by atoms with van der Waals surface area (Å²) >= 11 is 0. The van der Waals surface area contributed by atoms with Crippen LogP contribution in [0.4, 0.5) is 10.5 Å². The second kappa shape index (κ2) is 10.9. The van der Waals surface area contributed by atoms with Gasteiger partial charge in [-0.05, 0) is 42.5 Å². The van der Waals surface area contributed by atoms with Crippen molar-refractivity contribution in [2.24, 2.45) is 5.92 Å². The van der Waals surface area contributed by atoms with Crippen LogP contribution < -0.4 is 16.0 Å². The molecule has 0 saturated carbocycles. The standard InChI is InChI=1S/C23H28N4O2/c1-16(2)14-21(22(28)26-20-10-8-18(9-11-20)12-13-24)27-23(29)25-15-19-6-4-17(3)5-7-19/h4-11,16,21H,12,14-15H2,1-3H3,(H,26,28)(H2,25,27,29). The molecule has 3 amide bonds. The van der Waals surface area contributed by atoms with E-state index in [2.05, 4.69) is 22.0 Å². The Balaban J connectivity index is 1.94. The SMILES string of the molecule is Cc1ccc(CNC(=O)NC(CC(C)C)C(=O)Nc2ccc(CC#N)cc2)cc1. The fraction of sp³-hybridized carbons (Fsp3) is 0.348. The van der Waals surface area contributed by atoms with Gasteiger partial charge in [0, 0.05) is 12.2 Å². The highest BCUT2D eigenvalue weighted by Gasteiger charge is 2.22. The lowest BCUT2D eigenvalue weighted by atomic mass is 10.0. The highest BCUT2D eigenvalue weighted by atomic mass is 16.2. The molecule has 0 aliphatic rings. The highest BCUT2D eigenvalue weighted by Crippen LogP contribution is 2.12. The zero-order chi connectivity index (χ0) is 21.2. The Labute approximate surface area is 172 Å². The summed E-state index contributed by atoms with van der Waals surface area (Å²) in [4.78, 5) is 25.0. The number of carbonyl (C=O) groups excluding carboxylic acids is 2. The lowest BCUT2D eigenvalue weighted by Gasteiger charge is -2.20. The molecule has 6 nitrogen and oxygen atoms in total. The molecule has 0 radical (unpaired) electrons. The van der Waals surface area contributed by atoms with Crippen molar-refractivity contribution in [2.45, 2.75) is 46.2 Å². The Hall–Kier alpha value is -3.33. The summed E-state index contributed by atoms with van der Waals surface area (Å²) in [5, 5.41) is 17.2. The predicted octanol–water partition coefficient (Wildman–Crippen LogP) is 3.91. The molecule has 0 bridgehead atoms. The molecule has 2 aromatic carbocycles. The van der Waals surface area contributed by atoms with Gasteiger partial charge in [-0.15, -0.1) is 0 Å². The number of aryl methyl sites for hydroxylation is 1. The molecular formula is C23H28N4O2. The smallest absolute Gasteiger partial charge is 0.315 e. The van der Waals surface area contributed by atoms with E-state index in [1.54, 1.807) is 24.3 Å². The van der Waals surface area contributed by atoms with E-state index >= 15 is 0 Å². The maximum absolute atomic E-state index is 12.7. The number of hydrogen-bond acceptors (Lipinski definition) is 3. The average molecular weight is 393 g/mol. The van der Waals surface area contributed by atoms with E-state index in [0.29, 0.717) is 25.1 Å². The molecule has 1 atom stereocenters. The van der Waals surface area contributed by atoms with Crippen LogP contribution >= 0.6 is 0 Å². The normalized spacial score (nSPS) is 11.4. The summed E-state index contributed by atoms with van der Waals surface area (Å²) in [5.74, 6) is -0.0293. The van der Waals surface area contributed by atoms with Gasteiger partial charge in [-0.3, -0.25) is 4.79 Å². The van der Waals surface area contributed by atoms with Gasteiger partial charge in [0.2, 0.25) is 5.91 Å². The highest BCUT2D eigenvalue weighted by molar-refractivity contribution is 5.97. The van der Waals surface area contributed by atoms with Crippen LogP contribution in [0, 0.1) is 24.2 Å². The van der Waals surface area contributed by atoms with Crippen LogP contribution in [-0.4, -0.2) is 18.0 Å². The van der Waals surface area contributed by atoms with Crippen molar-refractivity contribution in [3.63, 3.8) is 0 Å². The molecule has 6 heteroatoms. The summed E-state index contributed by atoms with van der Waals surface area (Å²) in [5.41, 5.74) is 3.67. The van der Waals surface area contributed by atoms with Gasteiger partial charge >= 0.3 is 6.03 Å². The molecule has 0 heterocycles. The van der Waals surface area contributed by atoms with Gasteiger partial charge in [0.25, 0.3) is 0 Å². The number of hydrogen-bond donors (Lipinski definition) is 3. The van der Waals surface area contributed by atoms with Gasteiger partial charge in [-0.1, -0.05) is 55.8 Å². The molecule has 152 valence electrons. The van der Waals surface area contributed by atoms with E-state index in [1.165, 1.54) is 0 Å². The first-order valence-corrected chi connectivity index (χ1v) is 9.74. The Bertz CT molecular complexity index is 852. The molecule has 29 heavy (non-hydrogen) atoms. The number of amides is 3. The minimum atomic E-state index is -0.646. The number of urea groups is 1. The maximum atomic E-state index is 12.7. The molecule has 0 aromatic heterocycles. The molecular weight excluding hydrogens is 364 g/mol. The van der Waals surface area contributed by atoms with Gasteiger partial charge in [-0.25, -0.2) is 4.79 Å². The summed E-state index contributed by atoms with van der Waals surface area (Å²) in [6.07, 6.45) is 0.850. The Kier molecular flexibility index (Phi) is 8.23. The van der Waals surface area contributed by atoms with Gasteiger partial charge in [-0.2, -0.15) is 5.26 Å². The second-order valence-corrected chi connectivity index (χ2v) is 7.52. The van der Waals surface area contributed by atoms with Gasteiger partial charge in [0.15, 0.2) is 0 Å². The second-order valence-electron chi connectivity index (χ2n) is 7.52. The molecule has 1 unspecified atom stereocenters. The average Bonchev–Trinajstić information content (AvgIpc) is 2.68. The zero-order valence-corrected chi connectivity index (χ0v) is 17.2. The molecule has 0 spiro atoms. The van der Waals surface area contributed by atoms with Gasteiger partial charge < -0.3 is 16.0 Å². The maximum Gasteiger partial charge on any atom is 0.315 e. The van der Waals surface area contributed by atoms with E-state index < -0.39 is 6.04 Å². The van der Waals surface area contributed by atoms with E-state index in [0.717, 1.165) is 16.7 Å². The molecule has 0 aliphatic heterocycles. The van der Waals surface area contributed by atoms with Crippen molar-refractivity contribution >= 4 is 17.6 Å². The largest absolute Gasteiger partial charge is 0.334 e. The number of benzene rings is 2. The van der Waals surface area contributed by atoms with Crippen LogP contribution in [0.15, 0.2) is 48.5 Å². The first kappa shape index (κ1) is 22.0. The first-order valence-electron chi connectivity index (χ1n) is 9.74. The Morgan fingerprint density at radius 2 is 1.62 bits per heavy atom. The topological polar surface area (TPSA) is 94.0 Å². The molecule has 0 aliphatic carbocycles. The molecule has 2 aromatic rings. The monoisotopic (exact) mass is 392 g/mol. The van der Waals surface area contributed by atoms with E-state index in [4.69, 9.17) is 5.26 Å². The fourth-order valence-electron chi connectivity index (χ4n) is 2.83. The summed E-state index contributed by atoms with van der Waals surface area (Å²) in [7, 11) is 0. The van der Waals surface area contributed by atoms with Crippen molar-refractivity contribution in [1.82, 2.24) is 10.6 Å². The van der Waals surface area contributed by atoms with E-state index in [1.807, 2.05) is 45.0 Å². The van der Waals surface area contributed by atoms with Crippen molar-refractivity contribution in [3.8, 4) is 6.07 Å². The quantitative estimate of drug-likeness (QED) is 0.636. The van der Waals surface area contributed by atoms with Gasteiger partial charge in [0.05, 0.1) is 12.5 Å². The van der Waals surface area contributed by atoms with Crippen LogP contribution in [0.1, 0.15) is 37.0 Å². The van der Waals surface area contributed by atoms with E-state index in [9.17, 15) is 9.59 Å². The van der Waals surface area contributed by atoms with Gasteiger partial charge in [0.1, 0.15) is 6.04 Å². The van der Waals surface area contributed by atoms with Crippen LogP contribution in [0.5, 0.6) is 0 Å². The van der Waals surface area contributed by atoms with Crippen molar-refractivity contribution < 1.29 is 9.59 Å². The minimum absolute atomic E-state index is 0.237. The lowest BCUT2D eigenvalue weighted by Crippen LogP contribution is -2.48. The Morgan fingerprint density at radius 1 is 1.00 bits per heavy atom. The number of nitrogens with one attached hydrogen (secondary N) is 3. The third-order valence-electron chi connectivity index (χ3n) is 4.41. The lowest BCUT2D eigenvalue weighted by molar-refractivity contribution is -0.118. The van der Waals surface area contributed by atoms with E-state index in [-0.39, 0.29) is 17.9 Å². The van der Waals surface area contributed by atoms with Crippen LogP contribution in [0.2, 0.25) is 0 Å². The molecule has 0 fully saturated rings. The molecule has 3 N–H and O–H groups in total. The Morgan fingerprint density at radius 3 is 2.21 bits per heavy atom. The van der Waals surface area contributed by atoms with Crippen molar-refractivity contribution in [3.05, 3.63) is 65.2 Å². The van der Waals surface area contributed by atoms with Crippen LogP contribution in [-0.2, 0) is 17.8 Å². The van der Waals surface area contributed by atoms with Crippen LogP contribution in [0.25, 0.3) is 0 Å². The number of anilines is 1. The third-order valence-corrected chi connectivity index (χ3v) is 4.41. The summed E-state index contributed by atoms with van der Waals surface area (Å²) < 4.78 is 0. The minimum Gasteiger partial charge on any atom is -0.334 e. The van der Waals surface area contributed by atoms with Crippen molar-refractivity contribution in [1.29, 1.82) is 5.26 Å². The van der Waals surface area contributed by atoms with Crippen LogP contribution in [0.3, 0.4) is 0 Å². The number of nitriles is 1. The predicted molar refractivity (Wildman–Crippen MR) is 114 cm³/mol. The number of nitrogens with zero attached hydrogens (tertiary/aromatic N) is 1. The molecule has 0 saturated heterocycles. The number of carbonyl (C=O) groups is 2.